The number of fused-ring (bicyclic) bond motifs is 1. The van der Waals surface area contributed by atoms with Crippen LogP contribution in [0.5, 0.6) is 11.5 Å². The fourth-order valence-corrected chi connectivity index (χ4v) is 2.30. The van der Waals surface area contributed by atoms with Crippen molar-refractivity contribution in [3.8, 4) is 11.5 Å². The lowest BCUT2D eigenvalue weighted by Gasteiger charge is -2.06. The van der Waals surface area contributed by atoms with E-state index in [2.05, 4.69) is 10.5 Å². The number of nitrogens with one attached hydrogen (secondary N) is 1. The van der Waals surface area contributed by atoms with E-state index in [-0.39, 0.29) is 24.1 Å². The summed E-state index contributed by atoms with van der Waals surface area (Å²) >= 11 is 5.65. The molecule has 0 atom stereocenters. The van der Waals surface area contributed by atoms with Crippen molar-refractivity contribution in [3.63, 3.8) is 0 Å². The standard InChI is InChI=1S/C17H14ClFN2O4/c1-10(11-2-5-15-16(6-11)24-9-23-15)21-25-8-17(22)20-14-4-3-12(18)7-13(14)19/h2-7H,8-9H2,1H3,(H,20,22)/b21-10+. The molecule has 3 rings (SSSR count). The lowest BCUT2D eigenvalue weighted by Crippen LogP contribution is -2.18. The van der Waals surface area contributed by atoms with Gasteiger partial charge in [0.05, 0.1) is 11.4 Å². The van der Waals surface area contributed by atoms with E-state index in [1.807, 2.05) is 0 Å². The van der Waals surface area contributed by atoms with Crippen LogP contribution in [0.2, 0.25) is 5.02 Å². The maximum absolute atomic E-state index is 13.6. The summed E-state index contributed by atoms with van der Waals surface area (Å²) in [5.74, 6) is 0.134. The first-order chi connectivity index (χ1) is 12.0. The molecule has 0 aliphatic carbocycles. The summed E-state index contributed by atoms with van der Waals surface area (Å²) in [5, 5.41) is 6.51. The SMILES string of the molecule is C/C(=N\OCC(=O)Nc1ccc(Cl)cc1F)c1ccc2c(c1)OCO2. The number of halogens is 2. The number of ether oxygens (including phenoxy) is 2. The third-order valence-corrected chi connectivity index (χ3v) is 3.63. The first-order valence-corrected chi connectivity index (χ1v) is 7.72. The molecule has 0 radical (unpaired) electrons. The summed E-state index contributed by atoms with van der Waals surface area (Å²) in [6.45, 7) is 1.56. The number of amides is 1. The van der Waals surface area contributed by atoms with Crippen LogP contribution in [0.3, 0.4) is 0 Å². The van der Waals surface area contributed by atoms with E-state index in [4.69, 9.17) is 25.9 Å². The van der Waals surface area contributed by atoms with Crippen molar-refractivity contribution in [2.45, 2.75) is 6.92 Å². The summed E-state index contributed by atoms with van der Waals surface area (Å²) in [5.41, 5.74) is 1.35. The maximum Gasteiger partial charge on any atom is 0.265 e. The number of rotatable bonds is 5. The highest BCUT2D eigenvalue weighted by Crippen LogP contribution is 2.32. The van der Waals surface area contributed by atoms with Gasteiger partial charge in [0.15, 0.2) is 18.1 Å². The van der Waals surface area contributed by atoms with Crippen LogP contribution in [-0.4, -0.2) is 25.0 Å². The van der Waals surface area contributed by atoms with Gasteiger partial charge in [0.2, 0.25) is 6.79 Å². The Morgan fingerprint density at radius 1 is 1.28 bits per heavy atom. The minimum atomic E-state index is -0.624. The molecule has 0 aromatic heterocycles. The highest BCUT2D eigenvalue weighted by atomic mass is 35.5. The Hall–Kier alpha value is -2.80. The predicted molar refractivity (Wildman–Crippen MR) is 90.8 cm³/mol. The average molecular weight is 365 g/mol. The van der Waals surface area contributed by atoms with Crippen molar-refractivity contribution >= 4 is 28.9 Å². The number of carbonyl (C=O) groups excluding carboxylic acids is 1. The van der Waals surface area contributed by atoms with Crippen LogP contribution in [0.4, 0.5) is 10.1 Å². The molecular weight excluding hydrogens is 351 g/mol. The molecule has 0 bridgehead atoms. The number of benzene rings is 2. The number of anilines is 1. The topological polar surface area (TPSA) is 69.2 Å². The second-order valence-corrected chi connectivity index (χ2v) is 5.63. The molecule has 2 aromatic carbocycles. The molecule has 6 nitrogen and oxygen atoms in total. The van der Waals surface area contributed by atoms with Crippen LogP contribution in [0.15, 0.2) is 41.6 Å². The number of hydrogen-bond donors (Lipinski definition) is 1. The van der Waals surface area contributed by atoms with Crippen LogP contribution in [0.25, 0.3) is 0 Å². The van der Waals surface area contributed by atoms with E-state index in [0.29, 0.717) is 17.2 Å². The first kappa shape index (κ1) is 17.0. The van der Waals surface area contributed by atoms with Crippen LogP contribution >= 0.6 is 11.6 Å². The molecule has 0 spiro atoms. The summed E-state index contributed by atoms with van der Waals surface area (Å²) in [4.78, 5) is 16.8. The van der Waals surface area contributed by atoms with Crippen molar-refractivity contribution in [1.82, 2.24) is 0 Å². The molecule has 1 aliphatic rings. The van der Waals surface area contributed by atoms with Gasteiger partial charge in [-0.15, -0.1) is 0 Å². The molecule has 0 saturated heterocycles. The maximum atomic E-state index is 13.6. The molecule has 130 valence electrons. The summed E-state index contributed by atoms with van der Waals surface area (Å²) in [6.07, 6.45) is 0. The van der Waals surface area contributed by atoms with Gasteiger partial charge in [0.25, 0.3) is 5.91 Å². The Kier molecular flexibility index (Phi) is 5.04. The third-order valence-electron chi connectivity index (χ3n) is 3.39. The van der Waals surface area contributed by atoms with E-state index >= 15 is 0 Å². The van der Waals surface area contributed by atoms with Gasteiger partial charge in [-0.1, -0.05) is 16.8 Å². The van der Waals surface area contributed by atoms with E-state index < -0.39 is 11.7 Å². The van der Waals surface area contributed by atoms with E-state index in [1.165, 1.54) is 12.1 Å². The monoisotopic (exact) mass is 364 g/mol. The Bertz CT molecular complexity index is 841. The highest BCUT2D eigenvalue weighted by molar-refractivity contribution is 6.30. The Morgan fingerprint density at radius 2 is 2.08 bits per heavy atom. The predicted octanol–water partition coefficient (Wildman–Crippen LogP) is 3.59. The molecule has 8 heteroatoms. The van der Waals surface area contributed by atoms with E-state index in [9.17, 15) is 9.18 Å². The van der Waals surface area contributed by atoms with Crippen LogP contribution in [0, 0.1) is 5.82 Å². The van der Waals surface area contributed by atoms with Crippen molar-refractivity contribution < 1.29 is 23.5 Å². The fraction of sp³-hybridized carbons (Fsp3) is 0.176. The fourth-order valence-electron chi connectivity index (χ4n) is 2.14. The molecule has 0 saturated carbocycles. The molecule has 25 heavy (non-hydrogen) atoms. The van der Waals surface area contributed by atoms with Gasteiger partial charge >= 0.3 is 0 Å². The number of oxime groups is 1. The number of carbonyl (C=O) groups is 1. The third kappa shape index (κ3) is 4.19. The number of nitrogens with zero attached hydrogens (tertiary/aromatic N) is 1. The largest absolute Gasteiger partial charge is 0.454 e. The first-order valence-electron chi connectivity index (χ1n) is 7.34. The van der Waals surface area contributed by atoms with Gasteiger partial charge in [0, 0.05) is 10.6 Å². The Morgan fingerprint density at radius 3 is 2.88 bits per heavy atom. The second-order valence-electron chi connectivity index (χ2n) is 5.19. The van der Waals surface area contributed by atoms with Gasteiger partial charge in [-0.2, -0.15) is 0 Å². The molecule has 1 amide bonds. The summed E-state index contributed by atoms with van der Waals surface area (Å²) < 4.78 is 24.1. The average Bonchev–Trinajstić information content (AvgIpc) is 3.05. The van der Waals surface area contributed by atoms with Gasteiger partial charge in [-0.05, 0) is 43.3 Å². The van der Waals surface area contributed by atoms with Gasteiger partial charge in [-0.25, -0.2) is 4.39 Å². The number of hydrogen-bond acceptors (Lipinski definition) is 5. The minimum Gasteiger partial charge on any atom is -0.454 e. The van der Waals surface area contributed by atoms with E-state index in [1.54, 1.807) is 25.1 Å². The van der Waals surface area contributed by atoms with E-state index in [0.717, 1.165) is 11.6 Å². The Balaban J connectivity index is 1.56. The van der Waals surface area contributed by atoms with Crippen LogP contribution in [0.1, 0.15) is 12.5 Å². The smallest absolute Gasteiger partial charge is 0.265 e. The van der Waals surface area contributed by atoms with Crippen molar-refractivity contribution in [2.24, 2.45) is 5.16 Å². The zero-order chi connectivity index (χ0) is 17.8. The van der Waals surface area contributed by atoms with Gasteiger partial charge < -0.3 is 19.6 Å². The summed E-state index contributed by atoms with van der Waals surface area (Å²) in [7, 11) is 0. The van der Waals surface area contributed by atoms with Gasteiger partial charge in [-0.3, -0.25) is 4.79 Å². The second kappa shape index (κ2) is 7.40. The molecule has 1 N–H and O–H groups in total. The molecule has 1 aliphatic heterocycles. The zero-order valence-corrected chi connectivity index (χ0v) is 14.0. The molecule has 0 unspecified atom stereocenters. The highest BCUT2D eigenvalue weighted by Gasteiger charge is 2.14. The minimum absolute atomic E-state index is 0.0227. The zero-order valence-electron chi connectivity index (χ0n) is 13.2. The Labute approximate surface area is 148 Å². The van der Waals surface area contributed by atoms with Crippen molar-refractivity contribution in [1.29, 1.82) is 0 Å². The van der Waals surface area contributed by atoms with Gasteiger partial charge in [0.1, 0.15) is 5.82 Å². The molecule has 0 fully saturated rings. The lowest BCUT2D eigenvalue weighted by molar-refractivity contribution is -0.120. The van der Waals surface area contributed by atoms with Crippen LogP contribution < -0.4 is 14.8 Å². The van der Waals surface area contributed by atoms with Crippen molar-refractivity contribution in [2.75, 3.05) is 18.7 Å². The molecular formula is C17H14ClFN2O4. The van der Waals surface area contributed by atoms with Crippen molar-refractivity contribution in [3.05, 3.63) is 52.8 Å². The molecule has 2 aromatic rings. The normalized spacial score (nSPS) is 12.8. The summed E-state index contributed by atoms with van der Waals surface area (Å²) in [6, 6.07) is 9.30. The van der Waals surface area contributed by atoms with Crippen LogP contribution in [-0.2, 0) is 9.63 Å². The lowest BCUT2D eigenvalue weighted by atomic mass is 10.1. The molecule has 1 heterocycles. The quantitative estimate of drug-likeness (QED) is 0.650.